The molecule has 3 unspecified atom stereocenters. The van der Waals surface area contributed by atoms with Gasteiger partial charge in [-0.1, -0.05) is 12.8 Å². The van der Waals surface area contributed by atoms with Crippen molar-refractivity contribution in [2.45, 2.75) is 51.0 Å². The SMILES string of the molecule is O=C(CC1CCCO1)NCC1CCCCC1C(=O)O. The van der Waals surface area contributed by atoms with E-state index in [1.165, 1.54) is 0 Å². The van der Waals surface area contributed by atoms with Crippen molar-refractivity contribution in [2.75, 3.05) is 13.2 Å². The quantitative estimate of drug-likeness (QED) is 0.794. The van der Waals surface area contributed by atoms with Crippen molar-refractivity contribution in [3.8, 4) is 0 Å². The van der Waals surface area contributed by atoms with E-state index in [9.17, 15) is 14.7 Å². The molecule has 19 heavy (non-hydrogen) atoms. The van der Waals surface area contributed by atoms with Crippen molar-refractivity contribution in [1.82, 2.24) is 5.32 Å². The van der Waals surface area contributed by atoms with E-state index >= 15 is 0 Å². The molecule has 2 rings (SSSR count). The first-order valence-electron chi connectivity index (χ1n) is 7.28. The van der Waals surface area contributed by atoms with Crippen LogP contribution in [0.15, 0.2) is 0 Å². The summed E-state index contributed by atoms with van der Waals surface area (Å²) >= 11 is 0. The third-order valence-corrected chi connectivity index (χ3v) is 4.22. The molecule has 0 bridgehead atoms. The highest BCUT2D eigenvalue weighted by Crippen LogP contribution is 2.29. The number of carboxylic acids is 1. The maximum atomic E-state index is 11.8. The molecule has 1 saturated heterocycles. The number of rotatable bonds is 5. The van der Waals surface area contributed by atoms with Crippen LogP contribution in [0, 0.1) is 11.8 Å². The van der Waals surface area contributed by atoms with E-state index in [1.54, 1.807) is 0 Å². The van der Waals surface area contributed by atoms with Crippen molar-refractivity contribution >= 4 is 11.9 Å². The summed E-state index contributed by atoms with van der Waals surface area (Å²) in [6, 6.07) is 0. The molecule has 2 N–H and O–H groups in total. The number of carbonyl (C=O) groups is 2. The number of hydrogen-bond donors (Lipinski definition) is 2. The zero-order valence-electron chi connectivity index (χ0n) is 11.3. The summed E-state index contributed by atoms with van der Waals surface area (Å²) in [5.74, 6) is -0.948. The normalized spacial score (nSPS) is 31.1. The molecule has 1 saturated carbocycles. The van der Waals surface area contributed by atoms with Gasteiger partial charge in [-0.25, -0.2) is 0 Å². The molecule has 1 aliphatic heterocycles. The second kappa shape index (κ2) is 6.89. The lowest BCUT2D eigenvalue weighted by Gasteiger charge is -2.28. The predicted molar refractivity (Wildman–Crippen MR) is 69.7 cm³/mol. The van der Waals surface area contributed by atoms with Gasteiger partial charge in [0.15, 0.2) is 0 Å². The minimum absolute atomic E-state index is 0.0124. The summed E-state index contributed by atoms with van der Waals surface area (Å²) in [7, 11) is 0. The molecule has 2 fully saturated rings. The second-order valence-corrected chi connectivity index (χ2v) is 5.63. The van der Waals surface area contributed by atoms with E-state index in [4.69, 9.17) is 4.74 Å². The van der Waals surface area contributed by atoms with Gasteiger partial charge in [-0.2, -0.15) is 0 Å². The molecule has 0 spiro atoms. The summed E-state index contributed by atoms with van der Waals surface area (Å²) < 4.78 is 5.42. The average molecular weight is 269 g/mol. The fourth-order valence-electron chi connectivity index (χ4n) is 3.11. The monoisotopic (exact) mass is 269 g/mol. The molecule has 2 aliphatic rings. The van der Waals surface area contributed by atoms with Crippen LogP contribution in [0.3, 0.4) is 0 Å². The fourth-order valence-corrected chi connectivity index (χ4v) is 3.11. The Morgan fingerprint density at radius 1 is 1.16 bits per heavy atom. The third-order valence-electron chi connectivity index (χ3n) is 4.22. The lowest BCUT2D eigenvalue weighted by atomic mass is 9.79. The molecular weight excluding hydrogens is 246 g/mol. The van der Waals surface area contributed by atoms with Gasteiger partial charge in [-0.15, -0.1) is 0 Å². The van der Waals surface area contributed by atoms with Gasteiger partial charge in [-0.3, -0.25) is 9.59 Å². The van der Waals surface area contributed by atoms with Gasteiger partial charge in [0, 0.05) is 13.2 Å². The third kappa shape index (κ3) is 4.20. The number of aliphatic carboxylic acids is 1. The molecule has 3 atom stereocenters. The lowest BCUT2D eigenvalue weighted by Crippen LogP contribution is -2.38. The first-order valence-corrected chi connectivity index (χ1v) is 7.28. The number of ether oxygens (including phenoxy) is 1. The van der Waals surface area contributed by atoms with Crippen molar-refractivity contribution in [3.05, 3.63) is 0 Å². The number of amides is 1. The maximum Gasteiger partial charge on any atom is 0.306 e. The van der Waals surface area contributed by atoms with Crippen LogP contribution < -0.4 is 5.32 Å². The van der Waals surface area contributed by atoms with Gasteiger partial charge in [0.1, 0.15) is 0 Å². The van der Waals surface area contributed by atoms with E-state index in [0.29, 0.717) is 13.0 Å². The smallest absolute Gasteiger partial charge is 0.306 e. The first-order chi connectivity index (χ1) is 9.16. The summed E-state index contributed by atoms with van der Waals surface area (Å²) in [5, 5.41) is 12.1. The molecule has 1 amide bonds. The maximum absolute atomic E-state index is 11.8. The van der Waals surface area contributed by atoms with Crippen LogP contribution in [-0.4, -0.2) is 36.2 Å². The Hall–Kier alpha value is -1.10. The molecule has 0 aromatic carbocycles. The highest BCUT2D eigenvalue weighted by Gasteiger charge is 2.31. The highest BCUT2D eigenvalue weighted by molar-refractivity contribution is 5.76. The fraction of sp³-hybridized carbons (Fsp3) is 0.857. The van der Waals surface area contributed by atoms with Gasteiger partial charge in [0.2, 0.25) is 5.91 Å². The van der Waals surface area contributed by atoms with Gasteiger partial charge in [0.25, 0.3) is 0 Å². The van der Waals surface area contributed by atoms with E-state index in [0.717, 1.165) is 45.1 Å². The summed E-state index contributed by atoms with van der Waals surface area (Å²) in [4.78, 5) is 22.9. The minimum atomic E-state index is -0.724. The van der Waals surface area contributed by atoms with Crippen LogP contribution in [0.2, 0.25) is 0 Å². The number of carbonyl (C=O) groups excluding carboxylic acids is 1. The summed E-state index contributed by atoms with van der Waals surface area (Å²) in [6.07, 6.45) is 6.13. The van der Waals surface area contributed by atoms with E-state index in [2.05, 4.69) is 5.32 Å². The van der Waals surface area contributed by atoms with E-state index < -0.39 is 5.97 Å². The van der Waals surface area contributed by atoms with Gasteiger partial charge >= 0.3 is 5.97 Å². The van der Waals surface area contributed by atoms with Crippen LogP contribution in [0.25, 0.3) is 0 Å². The molecule has 1 heterocycles. The predicted octanol–water partition coefficient (Wildman–Crippen LogP) is 1.56. The molecule has 108 valence electrons. The van der Waals surface area contributed by atoms with Crippen molar-refractivity contribution in [2.24, 2.45) is 11.8 Å². The Morgan fingerprint density at radius 3 is 2.63 bits per heavy atom. The van der Waals surface area contributed by atoms with Crippen LogP contribution in [0.1, 0.15) is 44.9 Å². The number of carboxylic acid groups (broad SMARTS) is 1. The van der Waals surface area contributed by atoms with Crippen molar-refractivity contribution < 1.29 is 19.4 Å². The van der Waals surface area contributed by atoms with Crippen LogP contribution in [-0.2, 0) is 14.3 Å². The molecule has 5 heteroatoms. The molecule has 0 radical (unpaired) electrons. The van der Waals surface area contributed by atoms with Crippen LogP contribution in [0.4, 0.5) is 0 Å². The topological polar surface area (TPSA) is 75.6 Å². The second-order valence-electron chi connectivity index (χ2n) is 5.63. The Balaban J connectivity index is 1.73. The van der Waals surface area contributed by atoms with Crippen molar-refractivity contribution in [1.29, 1.82) is 0 Å². The van der Waals surface area contributed by atoms with Gasteiger partial charge in [-0.05, 0) is 31.6 Å². The standard InChI is InChI=1S/C14H23NO4/c16-13(8-11-5-3-7-19-11)15-9-10-4-1-2-6-12(10)14(17)18/h10-12H,1-9H2,(H,15,16)(H,17,18). The Kier molecular flexibility index (Phi) is 5.19. The van der Waals surface area contributed by atoms with Crippen LogP contribution >= 0.6 is 0 Å². The molecule has 0 aromatic heterocycles. The first kappa shape index (κ1) is 14.3. The zero-order chi connectivity index (χ0) is 13.7. The van der Waals surface area contributed by atoms with Crippen LogP contribution in [0.5, 0.6) is 0 Å². The average Bonchev–Trinajstić information content (AvgIpc) is 2.89. The number of nitrogens with one attached hydrogen (secondary N) is 1. The highest BCUT2D eigenvalue weighted by atomic mass is 16.5. The van der Waals surface area contributed by atoms with Gasteiger partial charge in [0.05, 0.1) is 18.4 Å². The van der Waals surface area contributed by atoms with Gasteiger partial charge < -0.3 is 15.2 Å². The molecule has 1 aliphatic carbocycles. The summed E-state index contributed by atoms with van der Waals surface area (Å²) in [6.45, 7) is 1.24. The lowest BCUT2D eigenvalue weighted by molar-refractivity contribution is -0.145. The molecular formula is C14H23NO4. The van der Waals surface area contributed by atoms with Crippen molar-refractivity contribution in [3.63, 3.8) is 0 Å². The minimum Gasteiger partial charge on any atom is -0.481 e. The Bertz CT molecular complexity index is 325. The largest absolute Gasteiger partial charge is 0.481 e. The molecule has 0 aromatic rings. The molecule has 5 nitrogen and oxygen atoms in total. The Morgan fingerprint density at radius 2 is 1.95 bits per heavy atom. The van der Waals surface area contributed by atoms with E-state index in [1.807, 2.05) is 0 Å². The number of hydrogen-bond acceptors (Lipinski definition) is 3. The zero-order valence-corrected chi connectivity index (χ0v) is 11.3. The summed E-state index contributed by atoms with van der Waals surface area (Å²) in [5.41, 5.74) is 0. The van der Waals surface area contributed by atoms with E-state index in [-0.39, 0.29) is 23.8 Å². The Labute approximate surface area is 113 Å².